The number of amides is 1. The Bertz CT molecular complexity index is 1630. The normalized spacial score (nSPS) is 12.2. The predicted octanol–water partition coefficient (Wildman–Crippen LogP) is 1.85. The Morgan fingerprint density at radius 1 is 0.955 bits per heavy atom. The second-order valence-electron chi connectivity index (χ2n) is 10.7. The van der Waals surface area contributed by atoms with Gasteiger partial charge in [-0.05, 0) is 74.6 Å². The number of benzene rings is 3. The van der Waals surface area contributed by atoms with E-state index in [1.165, 1.54) is 12.1 Å². The van der Waals surface area contributed by atoms with Gasteiger partial charge in [-0.3, -0.25) is 4.79 Å². The smallest absolute Gasteiger partial charge is 0.550 e. The van der Waals surface area contributed by atoms with Gasteiger partial charge in [-0.15, -0.1) is 0 Å². The summed E-state index contributed by atoms with van der Waals surface area (Å²) in [7, 11) is 0. The molecule has 44 heavy (non-hydrogen) atoms. The van der Waals surface area contributed by atoms with Crippen LogP contribution >= 0.6 is 0 Å². The number of nitriles is 1. The molecule has 1 aromatic heterocycles. The number of hydrogen-bond acceptors (Lipinski definition) is 6. The standard InChI is InChI=1S/C34H34FN3O5.Na/c1-21(2)38-29(16-15-27(39)18-28(40)19-30(41)42)31(24-11-13-25(35)14-12-24)32(23-8-4-3-5-9-23)33(38)34(43)37-26-10-6-7-22(17-26)20-36;/h3-14,17,21,27-28,39-40H,15-16,18-19H2,1-2H3,(H,37,43)(H,41,42);/q;+1/p-1/t27-,28-;/m1./s1. The van der Waals surface area contributed by atoms with Crippen LogP contribution in [0.5, 0.6) is 0 Å². The van der Waals surface area contributed by atoms with Gasteiger partial charge in [-0.1, -0.05) is 48.5 Å². The first-order valence-corrected chi connectivity index (χ1v) is 14.0. The molecule has 1 heterocycles. The molecule has 222 valence electrons. The molecule has 0 bridgehead atoms. The maximum atomic E-state index is 14.2. The molecule has 0 fully saturated rings. The van der Waals surface area contributed by atoms with E-state index in [4.69, 9.17) is 0 Å². The summed E-state index contributed by atoms with van der Waals surface area (Å²) in [6.07, 6.45) is -2.61. The van der Waals surface area contributed by atoms with Crippen LogP contribution in [0.15, 0.2) is 78.9 Å². The van der Waals surface area contributed by atoms with Gasteiger partial charge in [0.15, 0.2) is 0 Å². The number of nitrogens with zero attached hydrogens (tertiary/aromatic N) is 2. The summed E-state index contributed by atoms with van der Waals surface area (Å²) in [6, 6.07) is 23.8. The number of rotatable bonds is 12. The van der Waals surface area contributed by atoms with Crippen LogP contribution in [-0.2, 0) is 11.2 Å². The second kappa shape index (κ2) is 15.8. The van der Waals surface area contributed by atoms with Crippen LogP contribution in [0.2, 0.25) is 0 Å². The number of carboxylic acids is 1. The van der Waals surface area contributed by atoms with Crippen LogP contribution in [0.4, 0.5) is 10.1 Å². The molecule has 0 unspecified atom stereocenters. The van der Waals surface area contributed by atoms with E-state index in [1.807, 2.05) is 48.7 Å². The summed E-state index contributed by atoms with van der Waals surface area (Å²) in [5.41, 5.74) is 4.64. The van der Waals surface area contributed by atoms with Crippen molar-refractivity contribution in [2.24, 2.45) is 0 Å². The predicted molar refractivity (Wildman–Crippen MR) is 159 cm³/mol. The monoisotopic (exact) mass is 605 g/mol. The fourth-order valence-corrected chi connectivity index (χ4v) is 5.36. The minimum atomic E-state index is -1.41. The molecule has 0 saturated carbocycles. The van der Waals surface area contributed by atoms with E-state index in [0.717, 1.165) is 5.56 Å². The number of hydrogen-bond donors (Lipinski definition) is 3. The van der Waals surface area contributed by atoms with Crippen LogP contribution in [0.25, 0.3) is 22.3 Å². The molecule has 0 saturated heterocycles. The van der Waals surface area contributed by atoms with Gasteiger partial charge in [0, 0.05) is 40.9 Å². The van der Waals surface area contributed by atoms with Crippen molar-refractivity contribution in [1.82, 2.24) is 4.57 Å². The van der Waals surface area contributed by atoms with E-state index >= 15 is 0 Å². The molecule has 0 aliphatic heterocycles. The second-order valence-corrected chi connectivity index (χ2v) is 10.7. The number of carboxylic acid groups (broad SMARTS) is 1. The fraction of sp³-hybridized carbons (Fsp3) is 0.265. The van der Waals surface area contributed by atoms with Crippen molar-refractivity contribution in [1.29, 1.82) is 5.26 Å². The van der Waals surface area contributed by atoms with Gasteiger partial charge in [0.1, 0.15) is 11.5 Å². The molecular formula is C34H33FN3NaO5. The van der Waals surface area contributed by atoms with Gasteiger partial charge in [-0.25, -0.2) is 4.39 Å². The zero-order valence-electron chi connectivity index (χ0n) is 25.0. The molecule has 3 N–H and O–H groups in total. The Morgan fingerprint density at radius 3 is 2.23 bits per heavy atom. The van der Waals surface area contributed by atoms with Gasteiger partial charge in [0.2, 0.25) is 0 Å². The molecule has 2 atom stereocenters. The Kier molecular flexibility index (Phi) is 12.5. The maximum Gasteiger partial charge on any atom is 1.00 e. The van der Waals surface area contributed by atoms with E-state index in [1.54, 1.807) is 36.4 Å². The zero-order valence-corrected chi connectivity index (χ0v) is 27.0. The van der Waals surface area contributed by atoms with Crippen molar-refractivity contribution in [3.63, 3.8) is 0 Å². The number of aliphatic carboxylic acids is 1. The number of carbonyl (C=O) groups excluding carboxylic acids is 2. The van der Waals surface area contributed by atoms with E-state index in [0.29, 0.717) is 39.3 Å². The van der Waals surface area contributed by atoms with E-state index < -0.39 is 36.3 Å². The summed E-state index contributed by atoms with van der Waals surface area (Å²) in [4.78, 5) is 25.0. The van der Waals surface area contributed by atoms with Crippen molar-refractivity contribution in [2.45, 2.75) is 57.8 Å². The zero-order chi connectivity index (χ0) is 31.1. The third kappa shape index (κ3) is 8.44. The first-order valence-electron chi connectivity index (χ1n) is 14.0. The van der Waals surface area contributed by atoms with Gasteiger partial charge < -0.3 is 30.0 Å². The maximum absolute atomic E-state index is 14.2. The Hall–Kier alpha value is -3.78. The van der Waals surface area contributed by atoms with Crippen LogP contribution in [0.1, 0.15) is 60.9 Å². The van der Waals surface area contributed by atoms with Crippen LogP contribution < -0.4 is 40.0 Å². The molecule has 0 spiro atoms. The van der Waals surface area contributed by atoms with Crippen molar-refractivity contribution in [2.75, 3.05) is 5.32 Å². The number of carbonyl (C=O) groups is 2. The minimum absolute atomic E-state index is 0. The minimum Gasteiger partial charge on any atom is -0.550 e. The molecular weight excluding hydrogens is 572 g/mol. The SMILES string of the molecule is CC(C)n1c(CC[C@@H](O)C[C@@H](O)CC(=O)[O-])c(-c2ccc(F)cc2)c(-c2ccccc2)c1C(=O)Nc1cccc(C#N)c1.[Na+]. The third-order valence-electron chi connectivity index (χ3n) is 7.14. The molecule has 8 nitrogen and oxygen atoms in total. The number of nitrogens with one attached hydrogen (secondary N) is 1. The molecule has 4 rings (SSSR count). The molecule has 0 aliphatic rings. The molecule has 10 heteroatoms. The van der Waals surface area contributed by atoms with Gasteiger partial charge in [0.05, 0.1) is 23.8 Å². The number of aromatic nitrogens is 1. The summed E-state index contributed by atoms with van der Waals surface area (Å²) in [5.74, 6) is -2.24. The molecule has 4 aromatic rings. The van der Waals surface area contributed by atoms with E-state index in [2.05, 4.69) is 11.4 Å². The van der Waals surface area contributed by atoms with E-state index in [-0.39, 0.29) is 54.9 Å². The van der Waals surface area contributed by atoms with Crippen LogP contribution in [0.3, 0.4) is 0 Å². The van der Waals surface area contributed by atoms with E-state index in [9.17, 15) is 34.6 Å². The van der Waals surface area contributed by atoms with Crippen molar-refractivity contribution in [3.05, 3.63) is 102 Å². The fourth-order valence-electron chi connectivity index (χ4n) is 5.36. The quantitative estimate of drug-likeness (QED) is 0.211. The first kappa shape index (κ1) is 34.7. The number of anilines is 1. The third-order valence-corrected chi connectivity index (χ3v) is 7.14. The Morgan fingerprint density at radius 2 is 1.61 bits per heavy atom. The van der Waals surface area contributed by atoms with Gasteiger partial charge >= 0.3 is 29.6 Å². The number of aliphatic hydroxyl groups excluding tert-OH is 2. The number of aliphatic hydroxyl groups is 2. The summed E-state index contributed by atoms with van der Waals surface area (Å²) in [5, 5.41) is 43.9. The Labute approximate surface area is 278 Å². The number of halogens is 1. The molecule has 0 aliphatic carbocycles. The van der Waals surface area contributed by atoms with Crippen molar-refractivity contribution < 1.29 is 58.9 Å². The molecule has 0 radical (unpaired) electrons. The Balaban J connectivity index is 0.00000529. The summed E-state index contributed by atoms with van der Waals surface area (Å²) >= 11 is 0. The van der Waals surface area contributed by atoms with Crippen LogP contribution in [-0.4, -0.2) is 38.9 Å². The van der Waals surface area contributed by atoms with Crippen molar-refractivity contribution in [3.8, 4) is 28.3 Å². The average Bonchev–Trinajstić information content (AvgIpc) is 3.32. The summed E-state index contributed by atoms with van der Waals surface area (Å²) < 4.78 is 15.9. The van der Waals surface area contributed by atoms with Gasteiger partial charge in [0.25, 0.3) is 5.91 Å². The first-order chi connectivity index (χ1) is 20.6. The topological polar surface area (TPSA) is 138 Å². The largest absolute Gasteiger partial charge is 1.00 e. The molecule has 1 amide bonds. The van der Waals surface area contributed by atoms with Crippen molar-refractivity contribution >= 4 is 17.6 Å². The molecule has 3 aromatic carbocycles. The summed E-state index contributed by atoms with van der Waals surface area (Å²) in [6.45, 7) is 3.86. The van der Waals surface area contributed by atoms with Crippen LogP contribution in [0, 0.1) is 17.1 Å². The average molecular weight is 606 g/mol. The van der Waals surface area contributed by atoms with Gasteiger partial charge in [-0.2, -0.15) is 5.26 Å².